The molecule has 0 saturated heterocycles. The molecule has 0 amide bonds. The van der Waals surface area contributed by atoms with Gasteiger partial charge in [-0.05, 0) is 58.4 Å². The molecule has 0 N–H and O–H groups in total. The molecule has 2 heterocycles. The molecule has 3 rings (SSSR count). The number of benzene rings is 1. The smallest absolute Gasteiger partial charge is 0.269 e. The average Bonchev–Trinajstić information content (AvgIpc) is 3.22. The monoisotopic (exact) mass is 403 g/mol. The van der Waals surface area contributed by atoms with Crippen LogP contribution in [0.25, 0.3) is 17.4 Å². The summed E-state index contributed by atoms with van der Waals surface area (Å²) >= 11 is 4.68. The van der Waals surface area contributed by atoms with Gasteiger partial charge in [0.2, 0.25) is 0 Å². The molecule has 0 aliphatic carbocycles. The Morgan fingerprint density at radius 2 is 1.96 bits per heavy atom. The molecule has 0 aliphatic heterocycles. The maximum absolute atomic E-state index is 12.0. The highest BCUT2D eigenvalue weighted by atomic mass is 79.9. The molecule has 0 atom stereocenters. The standard InChI is InChI=1S/C17H10BrNO4S/c18-12-9-17(24-10-12)15(20)7-5-14-6-8-16(23-14)11-1-3-13(4-2-11)19(21)22/h1-10H/b7-5+. The van der Waals surface area contributed by atoms with Gasteiger partial charge in [-0.2, -0.15) is 0 Å². The highest BCUT2D eigenvalue weighted by Crippen LogP contribution is 2.25. The van der Waals surface area contributed by atoms with Gasteiger partial charge in [0.15, 0.2) is 5.78 Å². The highest BCUT2D eigenvalue weighted by Gasteiger charge is 2.08. The maximum Gasteiger partial charge on any atom is 0.269 e. The topological polar surface area (TPSA) is 73.3 Å². The van der Waals surface area contributed by atoms with Crippen LogP contribution in [0.4, 0.5) is 5.69 Å². The number of rotatable bonds is 5. The fraction of sp³-hybridized carbons (Fsp3) is 0. The van der Waals surface area contributed by atoms with E-state index in [1.54, 1.807) is 36.4 Å². The summed E-state index contributed by atoms with van der Waals surface area (Å²) in [5, 5.41) is 12.5. The molecule has 0 spiro atoms. The first-order valence-corrected chi connectivity index (χ1v) is 8.51. The van der Waals surface area contributed by atoms with Crippen LogP contribution in [0.3, 0.4) is 0 Å². The van der Waals surface area contributed by atoms with Crippen molar-refractivity contribution in [1.29, 1.82) is 0 Å². The van der Waals surface area contributed by atoms with Crippen LogP contribution in [-0.2, 0) is 0 Å². The van der Waals surface area contributed by atoms with Gasteiger partial charge in [-0.15, -0.1) is 11.3 Å². The van der Waals surface area contributed by atoms with Gasteiger partial charge < -0.3 is 4.42 Å². The van der Waals surface area contributed by atoms with E-state index < -0.39 is 4.92 Å². The van der Waals surface area contributed by atoms with E-state index >= 15 is 0 Å². The summed E-state index contributed by atoms with van der Waals surface area (Å²) in [5.41, 5.74) is 0.756. The number of carbonyl (C=O) groups is 1. The molecule has 5 nitrogen and oxygen atoms in total. The van der Waals surface area contributed by atoms with Crippen LogP contribution in [0.2, 0.25) is 0 Å². The third-order valence-corrected chi connectivity index (χ3v) is 4.90. The Morgan fingerprint density at radius 1 is 1.21 bits per heavy atom. The van der Waals surface area contributed by atoms with Crippen molar-refractivity contribution in [2.24, 2.45) is 0 Å². The van der Waals surface area contributed by atoms with Crippen molar-refractivity contribution < 1.29 is 14.1 Å². The molecule has 0 bridgehead atoms. The molecular formula is C17H10BrNO4S. The Labute approximate surface area is 149 Å². The Hall–Kier alpha value is -2.51. The SMILES string of the molecule is O=C(/C=C/c1ccc(-c2ccc([N+](=O)[O-])cc2)o1)c1cc(Br)cs1. The lowest BCUT2D eigenvalue weighted by Crippen LogP contribution is -1.88. The fourth-order valence-electron chi connectivity index (χ4n) is 2.03. The van der Waals surface area contributed by atoms with E-state index in [0.29, 0.717) is 16.4 Å². The van der Waals surface area contributed by atoms with Gasteiger partial charge in [0.25, 0.3) is 5.69 Å². The third kappa shape index (κ3) is 3.69. The van der Waals surface area contributed by atoms with Crippen LogP contribution < -0.4 is 0 Å². The number of furan rings is 1. The van der Waals surface area contributed by atoms with E-state index in [1.165, 1.54) is 29.5 Å². The first-order chi connectivity index (χ1) is 11.5. The quantitative estimate of drug-likeness (QED) is 0.241. The highest BCUT2D eigenvalue weighted by molar-refractivity contribution is 9.10. The Bertz CT molecular complexity index is 924. The molecule has 0 unspecified atom stereocenters. The molecule has 0 aliphatic rings. The van der Waals surface area contributed by atoms with E-state index in [1.807, 2.05) is 5.38 Å². The molecule has 7 heteroatoms. The zero-order valence-electron chi connectivity index (χ0n) is 12.1. The minimum Gasteiger partial charge on any atom is -0.457 e. The largest absolute Gasteiger partial charge is 0.457 e. The van der Waals surface area contributed by atoms with Crippen molar-refractivity contribution in [2.75, 3.05) is 0 Å². The number of hydrogen-bond acceptors (Lipinski definition) is 5. The number of nitro groups is 1. The molecule has 3 aromatic rings. The van der Waals surface area contributed by atoms with E-state index in [9.17, 15) is 14.9 Å². The van der Waals surface area contributed by atoms with Crippen LogP contribution in [-0.4, -0.2) is 10.7 Å². The van der Waals surface area contributed by atoms with Crippen molar-refractivity contribution >= 4 is 44.8 Å². The number of thiophene rings is 1. The predicted octanol–water partition coefficient (Wildman–Crippen LogP) is 5.57. The molecule has 24 heavy (non-hydrogen) atoms. The number of nitro benzene ring substituents is 1. The number of halogens is 1. The van der Waals surface area contributed by atoms with Crippen molar-refractivity contribution in [2.45, 2.75) is 0 Å². The molecule has 0 saturated carbocycles. The van der Waals surface area contributed by atoms with Crippen molar-refractivity contribution in [3.63, 3.8) is 0 Å². The normalized spacial score (nSPS) is 11.0. The van der Waals surface area contributed by atoms with Gasteiger partial charge in [0, 0.05) is 27.5 Å². The van der Waals surface area contributed by atoms with Crippen molar-refractivity contribution in [3.05, 3.63) is 79.1 Å². The lowest BCUT2D eigenvalue weighted by atomic mass is 10.1. The minimum absolute atomic E-state index is 0.0260. The van der Waals surface area contributed by atoms with Gasteiger partial charge in [-0.3, -0.25) is 14.9 Å². The third-order valence-electron chi connectivity index (χ3n) is 3.20. The van der Waals surface area contributed by atoms with Gasteiger partial charge in [0.05, 0.1) is 9.80 Å². The van der Waals surface area contributed by atoms with Crippen LogP contribution in [0.15, 0.2) is 62.8 Å². The minimum atomic E-state index is -0.450. The number of carbonyl (C=O) groups excluding carboxylic acids is 1. The van der Waals surface area contributed by atoms with Crippen LogP contribution in [0, 0.1) is 10.1 Å². The fourth-order valence-corrected chi connectivity index (χ4v) is 3.37. The molecule has 2 aromatic heterocycles. The van der Waals surface area contributed by atoms with Crippen LogP contribution in [0.5, 0.6) is 0 Å². The maximum atomic E-state index is 12.0. The molecule has 0 fully saturated rings. The molecule has 0 radical (unpaired) electrons. The van der Waals surface area contributed by atoms with Crippen molar-refractivity contribution in [3.8, 4) is 11.3 Å². The van der Waals surface area contributed by atoms with Gasteiger partial charge in [0.1, 0.15) is 11.5 Å². The summed E-state index contributed by atoms with van der Waals surface area (Å²) in [6.07, 6.45) is 3.06. The summed E-state index contributed by atoms with van der Waals surface area (Å²) in [6, 6.07) is 11.4. The number of allylic oxidation sites excluding steroid dienone is 1. The zero-order chi connectivity index (χ0) is 17.1. The average molecular weight is 404 g/mol. The summed E-state index contributed by atoms with van der Waals surface area (Å²) in [5.74, 6) is 1.02. The van der Waals surface area contributed by atoms with E-state index in [4.69, 9.17) is 4.42 Å². The Kier molecular flexibility index (Phi) is 4.73. The summed E-state index contributed by atoms with van der Waals surface area (Å²) < 4.78 is 6.52. The first kappa shape index (κ1) is 16.4. The number of ketones is 1. The summed E-state index contributed by atoms with van der Waals surface area (Å²) in [4.78, 5) is 22.9. The van der Waals surface area contributed by atoms with Crippen LogP contribution >= 0.6 is 27.3 Å². The second kappa shape index (κ2) is 6.94. The number of non-ortho nitro benzene ring substituents is 1. The van der Waals surface area contributed by atoms with Crippen molar-refractivity contribution in [1.82, 2.24) is 0 Å². The van der Waals surface area contributed by atoms with Crippen LogP contribution in [0.1, 0.15) is 15.4 Å². The second-order valence-electron chi connectivity index (χ2n) is 4.83. The predicted molar refractivity (Wildman–Crippen MR) is 96.2 cm³/mol. The van der Waals surface area contributed by atoms with Gasteiger partial charge in [-0.1, -0.05) is 0 Å². The first-order valence-electron chi connectivity index (χ1n) is 6.84. The second-order valence-corrected chi connectivity index (χ2v) is 6.66. The Morgan fingerprint density at radius 3 is 2.58 bits per heavy atom. The van der Waals surface area contributed by atoms with Gasteiger partial charge >= 0.3 is 0 Å². The van der Waals surface area contributed by atoms with Gasteiger partial charge in [-0.25, -0.2) is 0 Å². The zero-order valence-corrected chi connectivity index (χ0v) is 14.5. The summed E-state index contributed by atoms with van der Waals surface area (Å²) in [7, 11) is 0. The molecule has 1 aromatic carbocycles. The lowest BCUT2D eigenvalue weighted by Gasteiger charge is -1.96. The lowest BCUT2D eigenvalue weighted by molar-refractivity contribution is -0.384. The number of hydrogen-bond donors (Lipinski definition) is 0. The Balaban J connectivity index is 1.74. The molecule has 120 valence electrons. The van der Waals surface area contributed by atoms with E-state index in [0.717, 1.165) is 10.0 Å². The molecular weight excluding hydrogens is 394 g/mol. The van der Waals surface area contributed by atoms with E-state index in [2.05, 4.69) is 15.9 Å². The number of nitrogens with zero attached hydrogens (tertiary/aromatic N) is 1. The van der Waals surface area contributed by atoms with E-state index in [-0.39, 0.29) is 11.5 Å². The summed E-state index contributed by atoms with van der Waals surface area (Å²) in [6.45, 7) is 0.